The molecule has 0 saturated heterocycles. The van der Waals surface area contributed by atoms with Crippen LogP contribution in [0.15, 0.2) is 24.3 Å². The van der Waals surface area contributed by atoms with Gasteiger partial charge in [0.25, 0.3) is 0 Å². The molecule has 108 valence electrons. The third kappa shape index (κ3) is 5.50. The molecule has 4 nitrogen and oxygen atoms in total. The molecule has 0 bridgehead atoms. The summed E-state index contributed by atoms with van der Waals surface area (Å²) in [5.41, 5.74) is 0. The first-order valence-electron chi connectivity index (χ1n) is 6.46. The second-order valence-electron chi connectivity index (χ2n) is 3.72. The number of hydrogen-bond donors (Lipinski definition) is 0. The van der Waals surface area contributed by atoms with Crippen molar-refractivity contribution in [2.24, 2.45) is 0 Å². The van der Waals surface area contributed by atoms with Crippen molar-refractivity contribution in [3.8, 4) is 5.75 Å². The predicted molar refractivity (Wildman–Crippen MR) is 77.6 cm³/mol. The SMILES string of the molecule is CCO[Si](COc1ccc(Cl)cc1)(OCC)OCC. The topological polar surface area (TPSA) is 36.9 Å². The van der Waals surface area contributed by atoms with E-state index in [1.54, 1.807) is 12.1 Å². The number of ether oxygens (including phenoxy) is 1. The minimum Gasteiger partial charge on any atom is -0.489 e. The van der Waals surface area contributed by atoms with Crippen LogP contribution in [0, 0.1) is 0 Å². The highest BCUT2D eigenvalue weighted by atomic mass is 35.5. The number of hydrogen-bond acceptors (Lipinski definition) is 4. The second-order valence-corrected chi connectivity index (χ2v) is 6.68. The van der Waals surface area contributed by atoms with Crippen LogP contribution in [0.1, 0.15) is 20.8 Å². The quantitative estimate of drug-likeness (QED) is 0.656. The zero-order valence-corrected chi connectivity index (χ0v) is 13.4. The first kappa shape index (κ1) is 16.5. The Hall–Kier alpha value is -0.593. The van der Waals surface area contributed by atoms with Crippen LogP contribution in [-0.4, -0.2) is 34.9 Å². The zero-order chi connectivity index (χ0) is 14.1. The Balaban J connectivity index is 2.67. The Kier molecular flexibility index (Phi) is 7.41. The van der Waals surface area contributed by atoms with Gasteiger partial charge in [-0.25, -0.2) is 0 Å². The molecule has 0 aliphatic carbocycles. The molecule has 0 radical (unpaired) electrons. The maximum atomic E-state index is 5.83. The Morgan fingerprint density at radius 3 is 1.79 bits per heavy atom. The minimum absolute atomic E-state index is 0.296. The Bertz CT molecular complexity index is 341. The van der Waals surface area contributed by atoms with Gasteiger partial charge in [0.1, 0.15) is 5.75 Å². The van der Waals surface area contributed by atoms with Crippen molar-refractivity contribution in [1.29, 1.82) is 0 Å². The monoisotopic (exact) mass is 304 g/mol. The van der Waals surface area contributed by atoms with Gasteiger partial charge in [-0.15, -0.1) is 0 Å². The molecule has 0 aliphatic heterocycles. The lowest BCUT2D eigenvalue weighted by Crippen LogP contribution is -2.51. The fraction of sp³-hybridized carbons (Fsp3) is 0.538. The molecule has 0 aromatic heterocycles. The van der Waals surface area contributed by atoms with Gasteiger partial charge >= 0.3 is 8.80 Å². The molecule has 1 aromatic carbocycles. The Morgan fingerprint density at radius 2 is 1.37 bits per heavy atom. The van der Waals surface area contributed by atoms with E-state index in [2.05, 4.69) is 0 Å². The van der Waals surface area contributed by atoms with Gasteiger partial charge in [0.15, 0.2) is 6.23 Å². The first-order valence-corrected chi connectivity index (χ1v) is 8.77. The summed E-state index contributed by atoms with van der Waals surface area (Å²) < 4.78 is 22.8. The predicted octanol–water partition coefficient (Wildman–Crippen LogP) is 3.31. The van der Waals surface area contributed by atoms with E-state index < -0.39 is 8.80 Å². The van der Waals surface area contributed by atoms with Crippen molar-refractivity contribution < 1.29 is 18.0 Å². The standard InChI is InChI=1S/C13H21ClO4Si/c1-4-16-19(17-5-2,18-6-3)11-15-13-9-7-12(14)8-10-13/h7-10H,4-6,11H2,1-3H3. The Morgan fingerprint density at radius 1 is 0.895 bits per heavy atom. The van der Waals surface area contributed by atoms with Gasteiger partial charge in [0, 0.05) is 24.8 Å². The van der Waals surface area contributed by atoms with E-state index in [1.165, 1.54) is 0 Å². The molecular weight excluding hydrogens is 284 g/mol. The smallest absolute Gasteiger partial charge is 0.489 e. The van der Waals surface area contributed by atoms with Crippen molar-refractivity contribution in [3.63, 3.8) is 0 Å². The summed E-state index contributed by atoms with van der Waals surface area (Å²) in [6.45, 7) is 7.37. The summed E-state index contributed by atoms with van der Waals surface area (Å²) in [6, 6.07) is 7.18. The number of halogens is 1. The fourth-order valence-corrected chi connectivity index (χ4v) is 3.90. The summed E-state index contributed by atoms with van der Waals surface area (Å²) in [6.07, 6.45) is 0.296. The van der Waals surface area contributed by atoms with Gasteiger partial charge in [-0.3, -0.25) is 0 Å². The van der Waals surface area contributed by atoms with Crippen molar-refractivity contribution in [2.45, 2.75) is 20.8 Å². The lowest BCUT2D eigenvalue weighted by molar-refractivity contribution is 0.0541. The van der Waals surface area contributed by atoms with E-state index in [0.29, 0.717) is 31.1 Å². The van der Waals surface area contributed by atoms with Crippen LogP contribution in [-0.2, 0) is 13.3 Å². The molecule has 0 spiro atoms. The van der Waals surface area contributed by atoms with E-state index in [-0.39, 0.29) is 0 Å². The van der Waals surface area contributed by atoms with Crippen LogP contribution >= 0.6 is 11.6 Å². The third-order valence-corrected chi connectivity index (χ3v) is 5.26. The maximum Gasteiger partial charge on any atom is 0.540 e. The van der Waals surface area contributed by atoms with Gasteiger partial charge in [-0.1, -0.05) is 11.6 Å². The molecule has 0 amide bonds. The summed E-state index contributed by atoms with van der Waals surface area (Å²) in [5, 5.41) is 0.676. The fourth-order valence-electron chi connectivity index (χ4n) is 1.61. The van der Waals surface area contributed by atoms with E-state index in [0.717, 1.165) is 5.75 Å². The number of benzene rings is 1. The molecule has 0 heterocycles. The summed E-state index contributed by atoms with van der Waals surface area (Å²) in [7, 11) is -2.75. The van der Waals surface area contributed by atoms with E-state index in [9.17, 15) is 0 Å². The number of rotatable bonds is 9. The van der Waals surface area contributed by atoms with Crippen molar-refractivity contribution in [2.75, 3.05) is 26.1 Å². The maximum absolute atomic E-state index is 5.83. The van der Waals surface area contributed by atoms with Gasteiger partial charge in [-0.05, 0) is 45.0 Å². The van der Waals surface area contributed by atoms with Crippen LogP contribution in [0.2, 0.25) is 5.02 Å². The van der Waals surface area contributed by atoms with Crippen LogP contribution in [0.3, 0.4) is 0 Å². The lowest BCUT2D eigenvalue weighted by atomic mass is 10.3. The first-order chi connectivity index (χ1) is 9.15. The molecule has 1 aromatic rings. The minimum atomic E-state index is -2.75. The molecule has 19 heavy (non-hydrogen) atoms. The zero-order valence-electron chi connectivity index (χ0n) is 11.6. The highest BCUT2D eigenvalue weighted by molar-refractivity contribution is 6.60. The normalized spacial score (nSPS) is 11.6. The molecular formula is C13H21ClO4Si. The van der Waals surface area contributed by atoms with Crippen LogP contribution in [0.25, 0.3) is 0 Å². The van der Waals surface area contributed by atoms with E-state index in [1.807, 2.05) is 32.9 Å². The van der Waals surface area contributed by atoms with Crippen LogP contribution in [0.5, 0.6) is 5.75 Å². The highest BCUT2D eigenvalue weighted by Gasteiger charge is 2.42. The third-order valence-electron chi connectivity index (χ3n) is 2.32. The average molecular weight is 305 g/mol. The van der Waals surface area contributed by atoms with Gasteiger partial charge in [0.2, 0.25) is 0 Å². The summed E-state index contributed by atoms with van der Waals surface area (Å²) in [5.74, 6) is 0.723. The van der Waals surface area contributed by atoms with Gasteiger partial charge in [0.05, 0.1) is 0 Å². The van der Waals surface area contributed by atoms with Gasteiger partial charge in [-0.2, -0.15) is 0 Å². The van der Waals surface area contributed by atoms with Crippen LogP contribution in [0.4, 0.5) is 0 Å². The molecule has 1 rings (SSSR count). The Labute approximate surface area is 120 Å². The van der Waals surface area contributed by atoms with Gasteiger partial charge < -0.3 is 18.0 Å². The molecule has 0 atom stereocenters. The van der Waals surface area contributed by atoms with Crippen molar-refractivity contribution >= 4 is 20.4 Å². The molecule has 0 N–H and O–H groups in total. The average Bonchev–Trinajstić information content (AvgIpc) is 2.39. The molecule has 0 aliphatic rings. The second kappa shape index (κ2) is 8.55. The van der Waals surface area contributed by atoms with E-state index >= 15 is 0 Å². The summed E-state index contributed by atoms with van der Waals surface area (Å²) in [4.78, 5) is 0. The lowest BCUT2D eigenvalue weighted by Gasteiger charge is -2.28. The molecule has 0 fully saturated rings. The molecule has 0 saturated carbocycles. The largest absolute Gasteiger partial charge is 0.540 e. The highest BCUT2D eigenvalue weighted by Crippen LogP contribution is 2.18. The van der Waals surface area contributed by atoms with Crippen molar-refractivity contribution in [3.05, 3.63) is 29.3 Å². The molecule has 6 heteroatoms. The molecule has 0 unspecified atom stereocenters. The summed E-state index contributed by atoms with van der Waals surface area (Å²) >= 11 is 5.83. The van der Waals surface area contributed by atoms with E-state index in [4.69, 9.17) is 29.6 Å². The van der Waals surface area contributed by atoms with Crippen LogP contribution < -0.4 is 4.74 Å². The van der Waals surface area contributed by atoms with Crippen molar-refractivity contribution in [1.82, 2.24) is 0 Å².